The molecule has 3 aromatic carbocycles. The normalized spacial score (nSPS) is 17.1. The number of aryl methyl sites for hydroxylation is 1. The maximum atomic E-state index is 15.6. The van der Waals surface area contributed by atoms with Gasteiger partial charge in [-0.3, -0.25) is 33.7 Å². The molecule has 0 radical (unpaired) electrons. The summed E-state index contributed by atoms with van der Waals surface area (Å²) >= 11 is 6.87. The van der Waals surface area contributed by atoms with Crippen LogP contribution in [0.3, 0.4) is 0 Å². The van der Waals surface area contributed by atoms with Crippen molar-refractivity contribution in [1.82, 2.24) is 51.0 Å². The number of rotatable bonds is 33. The quantitative estimate of drug-likeness (QED) is 0.0139. The highest BCUT2D eigenvalue weighted by atomic mass is 79.9. The summed E-state index contributed by atoms with van der Waals surface area (Å²) in [5.74, 6) is -4.05. The molecule has 5 atom stereocenters. The number of carbonyl (C=O) groups is 8. The largest absolute Gasteiger partial charge is 0.458 e. The third-order valence-electron chi connectivity index (χ3n) is 18.2. The number of urea groups is 1. The molecule has 6 aromatic rings. The maximum absolute atomic E-state index is 15.6. The van der Waals surface area contributed by atoms with Gasteiger partial charge < -0.3 is 75.7 Å². The number of primary amides is 1. The van der Waals surface area contributed by atoms with Gasteiger partial charge in [-0.05, 0) is 110 Å². The van der Waals surface area contributed by atoms with E-state index in [9.17, 15) is 48.3 Å². The van der Waals surface area contributed by atoms with E-state index in [1.54, 1.807) is 76.2 Å². The number of nitrogens with zero attached hydrogens (tertiary/aromatic N) is 5. The predicted molar refractivity (Wildman–Crippen MR) is 369 cm³/mol. The van der Waals surface area contributed by atoms with Crippen LogP contribution in [0, 0.1) is 18.7 Å². The van der Waals surface area contributed by atoms with Gasteiger partial charge in [0.1, 0.15) is 37.2 Å². The Labute approximate surface area is 591 Å². The zero-order chi connectivity index (χ0) is 71.4. The van der Waals surface area contributed by atoms with E-state index in [4.69, 9.17) is 39.1 Å². The van der Waals surface area contributed by atoms with Crippen molar-refractivity contribution in [2.24, 2.45) is 11.7 Å². The van der Waals surface area contributed by atoms with Crippen molar-refractivity contribution in [3.8, 4) is 11.4 Å². The van der Waals surface area contributed by atoms with E-state index in [1.807, 2.05) is 0 Å². The van der Waals surface area contributed by atoms with Crippen molar-refractivity contribution < 1.29 is 76.3 Å². The molecule has 3 aromatic heterocycles. The molecule has 1 fully saturated rings. The lowest BCUT2D eigenvalue weighted by Gasteiger charge is -2.40. The monoisotopic (exact) mass is 1510 g/mol. The number of halogens is 3. The fraction of sp³-hybridized carbons (Fsp3) is 0.478. The average molecular weight is 1510 g/mol. The highest BCUT2D eigenvalue weighted by molar-refractivity contribution is 9.09. The first kappa shape index (κ1) is 74.1. The van der Waals surface area contributed by atoms with Gasteiger partial charge in [-0.15, -0.1) is 0 Å². The highest BCUT2D eigenvalue weighted by Crippen LogP contribution is 2.46. The van der Waals surface area contributed by atoms with Gasteiger partial charge in [0.25, 0.3) is 11.5 Å². The lowest BCUT2D eigenvalue weighted by molar-refractivity contribution is -0.172. The maximum Gasteiger partial charge on any atom is 0.410 e. The fourth-order valence-electron chi connectivity index (χ4n) is 12.6. The Morgan fingerprint density at radius 1 is 0.800 bits per heavy atom. The number of pyridine rings is 2. The Morgan fingerprint density at radius 3 is 2.15 bits per heavy atom. The molecule has 1 saturated heterocycles. The molecule has 1 unspecified atom stereocenters. The van der Waals surface area contributed by atoms with Gasteiger partial charge in [-0.2, -0.15) is 0 Å². The third-order valence-corrected chi connectivity index (χ3v) is 19.2. The number of amides is 8. The first-order valence-electron chi connectivity index (χ1n) is 33.2. The third kappa shape index (κ3) is 17.1. The first-order chi connectivity index (χ1) is 48.1. The first-order valence-corrected chi connectivity index (χ1v) is 35.5. The number of hydrogen-bond acceptors (Lipinski definition) is 19. The minimum atomic E-state index is -2.06. The van der Waals surface area contributed by atoms with Crippen molar-refractivity contribution in [1.29, 1.82) is 0 Å². The molecular formula is C69H81Br2FN12O16. The molecule has 534 valence electrons. The Morgan fingerprint density at radius 2 is 1.49 bits per heavy atom. The van der Waals surface area contributed by atoms with Crippen LogP contribution in [0.25, 0.3) is 33.3 Å². The molecule has 3 aliphatic heterocycles. The van der Waals surface area contributed by atoms with E-state index in [2.05, 4.69) is 73.7 Å². The van der Waals surface area contributed by atoms with E-state index in [0.717, 1.165) is 17.0 Å². The second-order valence-corrected chi connectivity index (χ2v) is 26.1. The van der Waals surface area contributed by atoms with Gasteiger partial charge in [0, 0.05) is 70.5 Å². The Kier molecular flexibility index (Phi) is 25.0. The van der Waals surface area contributed by atoms with E-state index < -0.39 is 82.9 Å². The fourth-order valence-corrected chi connectivity index (χ4v) is 13.5. The molecule has 4 aliphatic rings. The van der Waals surface area contributed by atoms with Gasteiger partial charge in [-0.1, -0.05) is 64.8 Å². The lowest BCUT2D eigenvalue weighted by Crippen LogP contribution is -2.58. The van der Waals surface area contributed by atoms with Crippen LogP contribution >= 0.6 is 31.9 Å². The number of benzene rings is 3. The summed E-state index contributed by atoms with van der Waals surface area (Å²) < 4.78 is 50.3. The Bertz CT molecular complexity index is 4160. The van der Waals surface area contributed by atoms with Gasteiger partial charge >= 0.3 is 18.1 Å². The molecule has 0 spiro atoms. The van der Waals surface area contributed by atoms with Crippen LogP contribution in [-0.2, 0) is 94.8 Å². The standard InChI is InChI=1S/C69H81Br2FN12O16/c1-5-69(94)45-30-55-60-43(34-84(55)65(90)44(45)36-99-66(69)91)58-48(15-13-42-38(4)46(72)31-51(79-60)57(42)58)80-63(88)54-16-20-83(54)68(93)100-35-39-8-11-41(12-9-39)76-62(87)49(7-6-18-75-67(73)92)81-64(89)59(37(2)3)82-56(85)17-21-95-23-25-97-27-28-98-26-24-96-22-19-74-61(86)40-10-14-47-50(29-40)78-53(33-71)52(32-70)77-47/h8-12,14,29-31,37,48-49,54,59,94H,5-7,13,15-28,32-36H2,1-4H3,(H,74,86)(H,76,87)(H,80,88)(H,81,89)(H,82,85)(H3,73,75,92)/t48-,49?,54-,59+,69-/m1/s1. The van der Waals surface area contributed by atoms with Crippen molar-refractivity contribution >= 4 is 107 Å². The number of cyclic esters (lactones) is 1. The summed E-state index contributed by atoms with van der Waals surface area (Å²) in [6.45, 7) is 9.04. The summed E-state index contributed by atoms with van der Waals surface area (Å²) in [4.78, 5) is 135. The molecule has 31 heteroatoms. The van der Waals surface area contributed by atoms with Crippen LogP contribution in [0.4, 0.5) is 19.7 Å². The smallest absolute Gasteiger partial charge is 0.410 e. The summed E-state index contributed by atoms with van der Waals surface area (Å²) in [7, 11) is 0. The number of ether oxygens (including phenoxy) is 6. The molecule has 8 amide bonds. The van der Waals surface area contributed by atoms with E-state index in [0.29, 0.717) is 136 Å². The molecule has 9 N–H and O–H groups in total. The van der Waals surface area contributed by atoms with Crippen molar-refractivity contribution in [2.75, 3.05) is 77.8 Å². The summed E-state index contributed by atoms with van der Waals surface area (Å²) in [5, 5.41) is 30.0. The molecule has 0 bridgehead atoms. The second-order valence-electron chi connectivity index (χ2n) is 25.0. The van der Waals surface area contributed by atoms with Crippen LogP contribution < -0.4 is 43.2 Å². The van der Waals surface area contributed by atoms with Gasteiger partial charge in [0.15, 0.2) is 5.60 Å². The zero-order valence-corrected chi connectivity index (χ0v) is 59.0. The number of esters is 1. The van der Waals surface area contributed by atoms with Gasteiger partial charge in [0.05, 0.1) is 110 Å². The Hall–Kier alpha value is -8.59. The van der Waals surface area contributed by atoms with E-state index >= 15 is 4.39 Å². The number of nitrogens with one attached hydrogen (secondary N) is 6. The van der Waals surface area contributed by atoms with Gasteiger partial charge in [0.2, 0.25) is 23.6 Å². The summed E-state index contributed by atoms with van der Waals surface area (Å²) in [5.41, 5.74) is 10.8. The van der Waals surface area contributed by atoms with Crippen LogP contribution in [0.2, 0.25) is 0 Å². The highest BCUT2D eigenvalue weighted by Gasteiger charge is 2.47. The molecule has 28 nitrogen and oxygen atoms in total. The van der Waals surface area contributed by atoms with E-state index in [1.165, 1.54) is 15.5 Å². The predicted octanol–water partition coefficient (Wildman–Crippen LogP) is 5.67. The van der Waals surface area contributed by atoms with Crippen LogP contribution in [-0.4, -0.2) is 168 Å². The minimum absolute atomic E-state index is 0.0471. The van der Waals surface area contributed by atoms with Gasteiger partial charge in [-0.25, -0.2) is 33.7 Å². The summed E-state index contributed by atoms with van der Waals surface area (Å²) in [6.07, 6.45) is 0.616. The van der Waals surface area contributed by atoms with E-state index in [-0.39, 0.29) is 101 Å². The second kappa shape index (κ2) is 33.7. The molecular weight excluding hydrogens is 1430 g/mol. The number of nitrogens with two attached hydrogens (primary N) is 1. The number of likely N-dealkylation sites (tertiary alicyclic amines) is 1. The molecule has 1 aliphatic carbocycles. The number of carbonyl (C=O) groups excluding carboxylic acids is 8. The number of aromatic nitrogens is 4. The summed E-state index contributed by atoms with van der Waals surface area (Å²) in [6, 6.07) is 10.1. The van der Waals surface area contributed by atoms with Crippen LogP contribution in [0.5, 0.6) is 0 Å². The number of alkyl halides is 2. The van der Waals surface area contributed by atoms with Crippen LogP contribution in [0.1, 0.15) is 126 Å². The SMILES string of the molecule is CC[C@]1(O)C(=O)OCc2c1cc1n(c2=O)Cc2c-1nc1cc(F)c(C)c3c1c2[C@H](NC(=O)[C@H]1CCN1C(=O)OCc1ccc(NC(=O)C(CCCNC(N)=O)NC(=O)[C@@H](NC(=O)CCOCCOCCOCCOCCNC(=O)c2ccc4nc(CBr)c(CBr)nc4c2)C(C)C)cc1)CC3. The number of anilines is 1. The molecule has 100 heavy (non-hydrogen) atoms. The lowest BCUT2D eigenvalue weighted by atomic mass is 9.81. The average Bonchev–Trinajstić information content (AvgIpc) is 1.49. The molecule has 0 saturated carbocycles. The molecule has 6 heterocycles. The zero-order valence-electron chi connectivity index (χ0n) is 55.9. The van der Waals surface area contributed by atoms with Crippen molar-refractivity contribution in [3.05, 3.63) is 127 Å². The molecule has 10 rings (SSSR count). The van der Waals surface area contributed by atoms with Crippen LogP contribution in [0.15, 0.2) is 59.4 Å². The number of hydrogen-bond donors (Lipinski definition) is 8. The van der Waals surface area contributed by atoms with Crippen molar-refractivity contribution in [3.63, 3.8) is 0 Å². The van der Waals surface area contributed by atoms with Crippen molar-refractivity contribution in [2.45, 2.75) is 133 Å². The Balaban J connectivity index is 0.638. The topological polar surface area (TPSA) is 374 Å². The minimum Gasteiger partial charge on any atom is -0.458 e. The number of fused-ring (bicyclic) bond motifs is 6. The number of aliphatic hydroxyl groups is 1.